The Morgan fingerprint density at radius 3 is 2.50 bits per heavy atom. The molecule has 3 aromatic rings. The fourth-order valence-electron chi connectivity index (χ4n) is 3.83. The van der Waals surface area contributed by atoms with Crippen molar-refractivity contribution in [1.29, 1.82) is 0 Å². The van der Waals surface area contributed by atoms with Crippen molar-refractivity contribution < 1.29 is 23.9 Å². The van der Waals surface area contributed by atoms with Crippen LogP contribution in [0.5, 0.6) is 11.5 Å². The van der Waals surface area contributed by atoms with Crippen LogP contribution < -0.4 is 14.8 Å². The van der Waals surface area contributed by atoms with E-state index in [1.165, 1.54) is 12.1 Å². The van der Waals surface area contributed by atoms with Crippen molar-refractivity contribution in [3.63, 3.8) is 0 Å². The highest BCUT2D eigenvalue weighted by atomic mass is 16.6. The molecule has 0 saturated carbocycles. The first-order valence-corrected chi connectivity index (χ1v) is 10.7. The minimum atomic E-state index is -0.441. The Bertz CT molecular complexity index is 1180. The van der Waals surface area contributed by atoms with E-state index >= 15 is 0 Å². The van der Waals surface area contributed by atoms with Gasteiger partial charge in [-0.1, -0.05) is 18.2 Å². The molecule has 0 spiro atoms. The fraction of sp³-hybridized carbons (Fsp3) is 0.240. The summed E-state index contributed by atoms with van der Waals surface area (Å²) in [5.74, 6) is 0.954. The van der Waals surface area contributed by atoms with Gasteiger partial charge in [-0.15, -0.1) is 0 Å². The van der Waals surface area contributed by atoms with Gasteiger partial charge in [-0.3, -0.25) is 14.9 Å². The zero-order valence-electron chi connectivity index (χ0n) is 18.9. The molecule has 0 saturated heterocycles. The number of non-ortho nitro benzene ring substituents is 1. The van der Waals surface area contributed by atoms with Crippen molar-refractivity contribution in [1.82, 2.24) is 4.90 Å². The van der Waals surface area contributed by atoms with Gasteiger partial charge in [0.25, 0.3) is 11.6 Å². The Balaban J connectivity index is 1.61. The molecular formula is C25H25N3O6. The summed E-state index contributed by atoms with van der Waals surface area (Å²) >= 11 is 0. The summed E-state index contributed by atoms with van der Waals surface area (Å²) in [6.45, 7) is 1.00. The lowest BCUT2D eigenvalue weighted by Crippen LogP contribution is -2.44. The van der Waals surface area contributed by atoms with Gasteiger partial charge >= 0.3 is 0 Å². The highest BCUT2D eigenvalue weighted by molar-refractivity contribution is 6.01. The highest BCUT2D eigenvalue weighted by Gasteiger charge is 2.33. The number of nitro benzene ring substituents is 1. The molecule has 1 N–H and O–H groups in total. The maximum absolute atomic E-state index is 13.2. The summed E-state index contributed by atoms with van der Waals surface area (Å²) in [6, 6.07) is 19.1. The average Bonchev–Trinajstić information content (AvgIpc) is 2.87. The predicted octanol–water partition coefficient (Wildman–Crippen LogP) is 4.40. The standard InChI is InChI=1S/C25H25N3O6/c1-32-14-13-27-24(26-21-6-4-3-5-20(21)25(27)29)18-9-12-22(33-2)23(15-18)34-16-17-7-10-19(11-8-17)28(30)31/h3-12,15,24,26H,13-14,16H2,1-2H3. The number of nitrogens with one attached hydrogen (secondary N) is 1. The second-order valence-corrected chi connectivity index (χ2v) is 7.71. The molecular weight excluding hydrogens is 438 g/mol. The van der Waals surface area contributed by atoms with Gasteiger partial charge in [-0.2, -0.15) is 0 Å². The van der Waals surface area contributed by atoms with Crippen LogP contribution in [0.1, 0.15) is 27.7 Å². The number of anilines is 1. The van der Waals surface area contributed by atoms with Crippen molar-refractivity contribution in [2.45, 2.75) is 12.8 Å². The predicted molar refractivity (Wildman–Crippen MR) is 126 cm³/mol. The molecule has 0 aromatic heterocycles. The molecule has 1 atom stereocenters. The first kappa shape index (κ1) is 23.1. The van der Waals surface area contributed by atoms with Crippen molar-refractivity contribution in [3.8, 4) is 11.5 Å². The normalized spacial score (nSPS) is 14.8. The molecule has 0 aliphatic carbocycles. The molecule has 0 radical (unpaired) electrons. The third kappa shape index (κ3) is 4.79. The molecule has 34 heavy (non-hydrogen) atoms. The number of carbonyl (C=O) groups excluding carboxylic acids is 1. The summed E-state index contributed by atoms with van der Waals surface area (Å²) in [4.78, 5) is 25.4. The van der Waals surface area contributed by atoms with E-state index in [9.17, 15) is 14.9 Å². The number of para-hydroxylation sites is 1. The van der Waals surface area contributed by atoms with Crippen LogP contribution in [0.25, 0.3) is 0 Å². The Morgan fingerprint density at radius 1 is 1.03 bits per heavy atom. The summed E-state index contributed by atoms with van der Waals surface area (Å²) in [6.07, 6.45) is -0.426. The molecule has 9 heteroatoms. The molecule has 1 aliphatic rings. The van der Waals surface area contributed by atoms with Gasteiger partial charge in [0.2, 0.25) is 0 Å². The van der Waals surface area contributed by atoms with E-state index in [4.69, 9.17) is 14.2 Å². The lowest BCUT2D eigenvalue weighted by atomic mass is 10.0. The number of benzene rings is 3. The van der Waals surface area contributed by atoms with Crippen LogP contribution in [-0.2, 0) is 11.3 Å². The zero-order chi connectivity index (χ0) is 24.1. The molecule has 4 rings (SSSR count). The Hall–Kier alpha value is -4.11. The van der Waals surface area contributed by atoms with Gasteiger partial charge in [0.05, 0.1) is 24.2 Å². The van der Waals surface area contributed by atoms with Crippen LogP contribution in [0.15, 0.2) is 66.7 Å². The van der Waals surface area contributed by atoms with Crippen molar-refractivity contribution >= 4 is 17.3 Å². The van der Waals surface area contributed by atoms with Gasteiger partial charge in [-0.05, 0) is 47.5 Å². The molecule has 0 fully saturated rings. The molecule has 1 unspecified atom stereocenters. The molecule has 1 amide bonds. The van der Waals surface area contributed by atoms with Crippen LogP contribution in [-0.4, -0.2) is 43.1 Å². The monoisotopic (exact) mass is 463 g/mol. The number of amides is 1. The van der Waals surface area contributed by atoms with E-state index in [0.717, 1.165) is 16.8 Å². The van der Waals surface area contributed by atoms with E-state index in [1.54, 1.807) is 43.4 Å². The number of rotatable bonds is 9. The summed E-state index contributed by atoms with van der Waals surface area (Å²) in [7, 11) is 3.15. The third-order valence-electron chi connectivity index (χ3n) is 5.60. The van der Waals surface area contributed by atoms with Gasteiger partial charge in [-0.25, -0.2) is 0 Å². The largest absolute Gasteiger partial charge is 0.493 e. The number of fused-ring (bicyclic) bond motifs is 1. The number of hydrogen-bond acceptors (Lipinski definition) is 7. The van der Waals surface area contributed by atoms with Gasteiger partial charge < -0.3 is 24.4 Å². The summed E-state index contributed by atoms with van der Waals surface area (Å²) in [5.41, 5.74) is 2.99. The van der Waals surface area contributed by atoms with Crippen LogP contribution in [0.4, 0.5) is 11.4 Å². The quantitative estimate of drug-likeness (QED) is 0.371. The topological polar surface area (TPSA) is 103 Å². The highest BCUT2D eigenvalue weighted by Crippen LogP contribution is 2.37. The number of methoxy groups -OCH3 is 2. The Morgan fingerprint density at radius 2 is 1.79 bits per heavy atom. The SMILES string of the molecule is COCCN1C(=O)c2ccccc2NC1c1ccc(OC)c(OCc2ccc([N+](=O)[O-])cc2)c1. The smallest absolute Gasteiger partial charge is 0.269 e. The van der Waals surface area contributed by atoms with Crippen LogP contribution in [0.3, 0.4) is 0 Å². The van der Waals surface area contributed by atoms with Crippen molar-refractivity contribution in [3.05, 3.63) is 93.5 Å². The number of carbonyl (C=O) groups is 1. The molecule has 176 valence electrons. The third-order valence-corrected chi connectivity index (χ3v) is 5.60. The maximum atomic E-state index is 13.2. The second-order valence-electron chi connectivity index (χ2n) is 7.71. The summed E-state index contributed by atoms with van der Waals surface area (Å²) in [5, 5.41) is 14.3. The van der Waals surface area contributed by atoms with Gasteiger partial charge in [0.1, 0.15) is 12.8 Å². The second kappa shape index (κ2) is 10.2. The van der Waals surface area contributed by atoms with E-state index < -0.39 is 11.1 Å². The molecule has 1 heterocycles. The van der Waals surface area contributed by atoms with Crippen LogP contribution in [0.2, 0.25) is 0 Å². The minimum Gasteiger partial charge on any atom is -0.493 e. The van der Waals surface area contributed by atoms with Crippen molar-refractivity contribution in [2.75, 3.05) is 32.7 Å². The maximum Gasteiger partial charge on any atom is 0.269 e. The van der Waals surface area contributed by atoms with Gasteiger partial charge in [0, 0.05) is 31.5 Å². The van der Waals surface area contributed by atoms with Crippen molar-refractivity contribution in [2.24, 2.45) is 0 Å². The minimum absolute atomic E-state index is 0.0211. The number of ether oxygens (including phenoxy) is 3. The fourth-order valence-corrected chi connectivity index (χ4v) is 3.83. The lowest BCUT2D eigenvalue weighted by molar-refractivity contribution is -0.384. The van der Waals surface area contributed by atoms with Crippen LogP contribution in [0, 0.1) is 10.1 Å². The van der Waals surface area contributed by atoms with E-state index in [0.29, 0.717) is 30.2 Å². The molecule has 3 aromatic carbocycles. The van der Waals surface area contributed by atoms with E-state index in [-0.39, 0.29) is 18.2 Å². The first-order chi connectivity index (χ1) is 16.5. The molecule has 0 bridgehead atoms. The van der Waals surface area contributed by atoms with E-state index in [2.05, 4.69) is 5.32 Å². The average molecular weight is 463 g/mol. The molecule has 9 nitrogen and oxygen atoms in total. The van der Waals surface area contributed by atoms with Gasteiger partial charge in [0.15, 0.2) is 11.5 Å². The Labute approximate surface area is 197 Å². The van der Waals surface area contributed by atoms with Crippen LogP contribution >= 0.6 is 0 Å². The van der Waals surface area contributed by atoms with E-state index in [1.807, 2.05) is 30.3 Å². The number of nitro groups is 1. The summed E-state index contributed by atoms with van der Waals surface area (Å²) < 4.78 is 16.7. The first-order valence-electron chi connectivity index (χ1n) is 10.7. The zero-order valence-corrected chi connectivity index (χ0v) is 18.9. The number of hydrogen-bond donors (Lipinski definition) is 1. The molecule has 1 aliphatic heterocycles. The lowest BCUT2D eigenvalue weighted by Gasteiger charge is -2.38. The Kier molecular flexibility index (Phi) is 6.93. The number of nitrogens with zero attached hydrogens (tertiary/aromatic N) is 2.